The first kappa shape index (κ1) is 19.7. The minimum atomic E-state index is -0.396. The Kier molecular flexibility index (Phi) is 5.53. The van der Waals surface area contributed by atoms with Gasteiger partial charge in [0.2, 0.25) is 5.82 Å². The normalized spacial score (nSPS) is 10.6. The number of carbonyl (C=O) groups is 1. The lowest BCUT2D eigenvalue weighted by Gasteiger charge is -2.07. The summed E-state index contributed by atoms with van der Waals surface area (Å²) in [7, 11) is 3.12. The molecule has 4 rings (SSSR count). The van der Waals surface area contributed by atoms with Crippen LogP contribution in [0.15, 0.2) is 68.2 Å². The standard InChI is InChI=1S/C21H16BrN3O5/c1-27-15-8-7-12(11-17(15)28-2)19-24-21(30-25-19)13-5-3-4-6-14(13)23-20(26)16-9-10-18(22)29-16/h3-11H,1-2H3,(H,23,26). The van der Waals surface area contributed by atoms with Gasteiger partial charge in [-0.25, -0.2) is 0 Å². The highest BCUT2D eigenvalue weighted by Gasteiger charge is 2.18. The van der Waals surface area contributed by atoms with E-state index in [0.29, 0.717) is 38.8 Å². The van der Waals surface area contributed by atoms with Crippen LogP contribution in [0.4, 0.5) is 5.69 Å². The number of amides is 1. The summed E-state index contributed by atoms with van der Waals surface area (Å²) in [6, 6.07) is 15.7. The Morgan fingerprint density at radius 3 is 2.57 bits per heavy atom. The number of methoxy groups -OCH3 is 2. The van der Waals surface area contributed by atoms with Crippen molar-refractivity contribution in [3.8, 4) is 34.3 Å². The lowest BCUT2D eigenvalue weighted by atomic mass is 10.1. The molecule has 8 nitrogen and oxygen atoms in total. The number of hydrogen-bond donors (Lipinski definition) is 1. The maximum Gasteiger partial charge on any atom is 0.291 e. The molecule has 30 heavy (non-hydrogen) atoms. The van der Waals surface area contributed by atoms with Crippen molar-refractivity contribution in [1.29, 1.82) is 0 Å². The van der Waals surface area contributed by atoms with Crippen molar-refractivity contribution in [2.75, 3.05) is 19.5 Å². The molecule has 4 aromatic rings. The van der Waals surface area contributed by atoms with Gasteiger partial charge in [0.1, 0.15) is 0 Å². The van der Waals surface area contributed by atoms with Crippen LogP contribution in [0.2, 0.25) is 0 Å². The molecule has 0 aliphatic heterocycles. The number of benzene rings is 2. The number of aromatic nitrogens is 2. The first-order chi connectivity index (χ1) is 14.6. The van der Waals surface area contributed by atoms with E-state index in [1.807, 2.05) is 6.07 Å². The summed E-state index contributed by atoms with van der Waals surface area (Å²) in [6.07, 6.45) is 0. The Labute approximate surface area is 179 Å². The summed E-state index contributed by atoms with van der Waals surface area (Å²) < 4.78 is 21.8. The first-order valence-corrected chi connectivity index (χ1v) is 9.60. The lowest BCUT2D eigenvalue weighted by Crippen LogP contribution is -2.11. The van der Waals surface area contributed by atoms with Crippen LogP contribution in [-0.4, -0.2) is 30.3 Å². The van der Waals surface area contributed by atoms with Gasteiger partial charge in [0, 0.05) is 5.56 Å². The number of halogens is 1. The number of nitrogens with one attached hydrogen (secondary N) is 1. The van der Waals surface area contributed by atoms with Crippen LogP contribution in [0.1, 0.15) is 10.6 Å². The minimum absolute atomic E-state index is 0.174. The Bertz CT molecular complexity index is 1200. The van der Waals surface area contributed by atoms with E-state index in [-0.39, 0.29) is 11.7 Å². The average molecular weight is 470 g/mol. The molecule has 1 N–H and O–H groups in total. The number of carbonyl (C=O) groups excluding carboxylic acids is 1. The molecule has 9 heteroatoms. The van der Waals surface area contributed by atoms with Crippen molar-refractivity contribution in [2.45, 2.75) is 0 Å². The van der Waals surface area contributed by atoms with Crippen molar-refractivity contribution in [3.05, 3.63) is 65.0 Å². The molecular formula is C21H16BrN3O5. The third-order valence-corrected chi connectivity index (χ3v) is 4.70. The van der Waals surface area contributed by atoms with Crippen LogP contribution in [0.5, 0.6) is 11.5 Å². The summed E-state index contributed by atoms with van der Waals surface area (Å²) in [5.41, 5.74) is 1.79. The van der Waals surface area contributed by atoms with Gasteiger partial charge < -0.3 is 23.7 Å². The van der Waals surface area contributed by atoms with E-state index >= 15 is 0 Å². The highest BCUT2D eigenvalue weighted by Crippen LogP contribution is 2.33. The lowest BCUT2D eigenvalue weighted by molar-refractivity contribution is 0.0995. The monoisotopic (exact) mass is 469 g/mol. The molecule has 0 bridgehead atoms. The van der Waals surface area contributed by atoms with Crippen molar-refractivity contribution in [1.82, 2.24) is 10.1 Å². The summed E-state index contributed by atoms with van der Waals surface area (Å²) in [5, 5.41) is 6.86. The zero-order valence-corrected chi connectivity index (χ0v) is 17.6. The molecule has 0 fully saturated rings. The molecule has 2 heterocycles. The van der Waals surface area contributed by atoms with Gasteiger partial charge in [-0.3, -0.25) is 4.79 Å². The van der Waals surface area contributed by atoms with Gasteiger partial charge in [-0.05, 0) is 58.4 Å². The quantitative estimate of drug-likeness (QED) is 0.422. The second kappa shape index (κ2) is 8.42. The number of nitrogens with zero attached hydrogens (tertiary/aromatic N) is 2. The largest absolute Gasteiger partial charge is 0.493 e. The van der Waals surface area contributed by atoms with E-state index in [4.69, 9.17) is 18.4 Å². The number of ether oxygens (including phenoxy) is 2. The van der Waals surface area contributed by atoms with E-state index in [0.717, 1.165) is 0 Å². The van der Waals surface area contributed by atoms with Gasteiger partial charge in [-0.15, -0.1) is 0 Å². The molecule has 0 radical (unpaired) electrons. The predicted octanol–water partition coefficient (Wildman–Crippen LogP) is 5.03. The number of hydrogen-bond acceptors (Lipinski definition) is 7. The fourth-order valence-electron chi connectivity index (χ4n) is 2.82. The minimum Gasteiger partial charge on any atom is -0.493 e. The van der Waals surface area contributed by atoms with Crippen LogP contribution in [-0.2, 0) is 0 Å². The van der Waals surface area contributed by atoms with Crippen LogP contribution in [0.3, 0.4) is 0 Å². The summed E-state index contributed by atoms with van der Waals surface area (Å²) in [4.78, 5) is 16.9. The van der Waals surface area contributed by atoms with E-state index < -0.39 is 5.91 Å². The predicted molar refractivity (Wildman–Crippen MR) is 113 cm³/mol. The van der Waals surface area contributed by atoms with Gasteiger partial charge in [-0.1, -0.05) is 17.3 Å². The molecule has 2 aromatic heterocycles. The van der Waals surface area contributed by atoms with Crippen LogP contribution >= 0.6 is 15.9 Å². The highest BCUT2D eigenvalue weighted by atomic mass is 79.9. The molecule has 0 atom stereocenters. The molecule has 2 aromatic carbocycles. The first-order valence-electron chi connectivity index (χ1n) is 8.81. The summed E-state index contributed by atoms with van der Waals surface area (Å²) in [5.74, 6) is 1.57. The smallest absolute Gasteiger partial charge is 0.291 e. The van der Waals surface area contributed by atoms with Gasteiger partial charge in [-0.2, -0.15) is 4.98 Å². The Hall–Kier alpha value is -3.59. The number of para-hydroxylation sites is 1. The third-order valence-electron chi connectivity index (χ3n) is 4.27. The molecule has 152 valence electrons. The maximum atomic E-state index is 12.5. The number of anilines is 1. The van der Waals surface area contributed by atoms with Crippen molar-refractivity contribution >= 4 is 27.5 Å². The van der Waals surface area contributed by atoms with E-state index in [1.54, 1.807) is 62.8 Å². The molecule has 0 aliphatic rings. The summed E-state index contributed by atoms with van der Waals surface area (Å²) in [6.45, 7) is 0. The molecule has 0 saturated heterocycles. The molecule has 0 spiro atoms. The molecule has 0 saturated carbocycles. The van der Waals surface area contributed by atoms with Gasteiger partial charge in [0.05, 0.1) is 25.5 Å². The van der Waals surface area contributed by atoms with Crippen molar-refractivity contribution < 1.29 is 23.2 Å². The molecule has 0 aliphatic carbocycles. The van der Waals surface area contributed by atoms with E-state index in [2.05, 4.69) is 31.4 Å². The summed E-state index contributed by atoms with van der Waals surface area (Å²) >= 11 is 3.18. The molecular weight excluding hydrogens is 454 g/mol. The Balaban J connectivity index is 1.63. The zero-order valence-electron chi connectivity index (χ0n) is 16.0. The van der Waals surface area contributed by atoms with Gasteiger partial charge in [0.15, 0.2) is 21.9 Å². The Morgan fingerprint density at radius 1 is 1.03 bits per heavy atom. The topological polar surface area (TPSA) is 99.6 Å². The fraction of sp³-hybridized carbons (Fsp3) is 0.0952. The van der Waals surface area contributed by atoms with E-state index in [1.165, 1.54) is 0 Å². The average Bonchev–Trinajstić information content (AvgIpc) is 3.43. The second-order valence-electron chi connectivity index (χ2n) is 6.10. The van der Waals surface area contributed by atoms with Crippen LogP contribution in [0.25, 0.3) is 22.8 Å². The van der Waals surface area contributed by atoms with Crippen molar-refractivity contribution in [3.63, 3.8) is 0 Å². The van der Waals surface area contributed by atoms with Crippen LogP contribution in [0, 0.1) is 0 Å². The SMILES string of the molecule is COc1ccc(-c2noc(-c3ccccc3NC(=O)c3ccc(Br)o3)n2)cc1OC. The molecule has 1 amide bonds. The zero-order chi connectivity index (χ0) is 21.1. The third kappa shape index (κ3) is 3.92. The van der Waals surface area contributed by atoms with E-state index in [9.17, 15) is 4.79 Å². The van der Waals surface area contributed by atoms with Crippen molar-refractivity contribution in [2.24, 2.45) is 0 Å². The Morgan fingerprint density at radius 2 is 1.83 bits per heavy atom. The van der Waals surface area contributed by atoms with Crippen LogP contribution < -0.4 is 14.8 Å². The number of rotatable bonds is 6. The van der Waals surface area contributed by atoms with Gasteiger partial charge >= 0.3 is 0 Å². The highest BCUT2D eigenvalue weighted by molar-refractivity contribution is 9.10. The second-order valence-corrected chi connectivity index (χ2v) is 6.88. The fourth-order valence-corrected chi connectivity index (χ4v) is 3.13. The molecule has 0 unspecified atom stereocenters. The van der Waals surface area contributed by atoms with Gasteiger partial charge in [0.25, 0.3) is 11.8 Å². The maximum absolute atomic E-state index is 12.5. The number of furan rings is 1.